The summed E-state index contributed by atoms with van der Waals surface area (Å²) in [7, 11) is 0. The molecule has 0 heterocycles. The molecule has 13 heavy (non-hydrogen) atoms. The number of nitrogens with zero attached hydrogens (tertiary/aromatic N) is 1. The molecule has 0 rings (SSSR count). The van der Waals surface area contributed by atoms with Gasteiger partial charge in [-0.2, -0.15) is 0 Å². The molecule has 0 atom stereocenters. The van der Waals surface area contributed by atoms with E-state index < -0.39 is 0 Å². The lowest BCUT2D eigenvalue weighted by Crippen LogP contribution is -2.21. The minimum Gasteiger partial charge on any atom is -0.411 e. The standard InChI is InChI=1S/C11H21NO/c1-9(2)7-6-8-11(4,5)10(3)12-13/h7,13H,6,8H2,1-5H3/b12-10-. The first-order valence-electron chi connectivity index (χ1n) is 4.72. The molecular weight excluding hydrogens is 162 g/mol. The third-order valence-electron chi connectivity index (χ3n) is 2.45. The van der Waals surface area contributed by atoms with Gasteiger partial charge >= 0.3 is 0 Å². The lowest BCUT2D eigenvalue weighted by molar-refractivity contribution is 0.306. The van der Waals surface area contributed by atoms with E-state index in [1.807, 2.05) is 6.92 Å². The van der Waals surface area contributed by atoms with Gasteiger partial charge in [0.1, 0.15) is 0 Å². The second-order valence-electron chi connectivity index (χ2n) is 4.39. The van der Waals surface area contributed by atoms with Crippen LogP contribution in [-0.4, -0.2) is 10.9 Å². The van der Waals surface area contributed by atoms with Gasteiger partial charge in [-0.3, -0.25) is 0 Å². The van der Waals surface area contributed by atoms with Gasteiger partial charge in [-0.05, 0) is 33.6 Å². The van der Waals surface area contributed by atoms with E-state index in [0.717, 1.165) is 18.6 Å². The van der Waals surface area contributed by atoms with Crippen molar-refractivity contribution in [3.8, 4) is 0 Å². The summed E-state index contributed by atoms with van der Waals surface area (Å²) >= 11 is 0. The first-order chi connectivity index (χ1) is 5.90. The zero-order valence-corrected chi connectivity index (χ0v) is 9.39. The fourth-order valence-electron chi connectivity index (χ4n) is 1.04. The number of allylic oxidation sites excluding steroid dienone is 2. The fourth-order valence-corrected chi connectivity index (χ4v) is 1.04. The van der Waals surface area contributed by atoms with Gasteiger partial charge in [-0.15, -0.1) is 0 Å². The van der Waals surface area contributed by atoms with Gasteiger partial charge < -0.3 is 5.21 Å². The smallest absolute Gasteiger partial charge is 0.0596 e. The van der Waals surface area contributed by atoms with Crippen molar-refractivity contribution in [3.63, 3.8) is 0 Å². The molecule has 0 radical (unpaired) electrons. The molecule has 0 saturated heterocycles. The summed E-state index contributed by atoms with van der Waals surface area (Å²) in [5.74, 6) is 0. The quantitative estimate of drug-likeness (QED) is 0.307. The Morgan fingerprint density at radius 3 is 2.23 bits per heavy atom. The monoisotopic (exact) mass is 183 g/mol. The maximum Gasteiger partial charge on any atom is 0.0596 e. The van der Waals surface area contributed by atoms with E-state index >= 15 is 0 Å². The molecule has 0 aliphatic heterocycles. The Morgan fingerprint density at radius 2 is 1.85 bits per heavy atom. The number of hydrogen-bond donors (Lipinski definition) is 1. The molecule has 0 saturated carbocycles. The van der Waals surface area contributed by atoms with Crippen molar-refractivity contribution in [2.45, 2.75) is 47.5 Å². The van der Waals surface area contributed by atoms with Gasteiger partial charge in [0.25, 0.3) is 0 Å². The molecule has 0 amide bonds. The van der Waals surface area contributed by atoms with Gasteiger partial charge in [-0.25, -0.2) is 0 Å². The Morgan fingerprint density at radius 1 is 1.31 bits per heavy atom. The maximum absolute atomic E-state index is 8.65. The van der Waals surface area contributed by atoms with Crippen LogP contribution < -0.4 is 0 Å². The highest BCUT2D eigenvalue weighted by Gasteiger charge is 2.20. The van der Waals surface area contributed by atoms with Crippen LogP contribution in [0.4, 0.5) is 0 Å². The average molecular weight is 183 g/mol. The molecule has 0 aromatic carbocycles. The molecule has 0 aromatic rings. The van der Waals surface area contributed by atoms with Crippen LogP contribution in [0.3, 0.4) is 0 Å². The van der Waals surface area contributed by atoms with Crippen molar-refractivity contribution in [1.29, 1.82) is 0 Å². The zero-order valence-electron chi connectivity index (χ0n) is 9.39. The molecule has 0 aromatic heterocycles. The first kappa shape index (κ1) is 12.2. The molecule has 76 valence electrons. The Kier molecular flexibility index (Phi) is 4.74. The number of oxime groups is 1. The predicted octanol–water partition coefficient (Wildman–Crippen LogP) is 3.61. The average Bonchev–Trinajstić information content (AvgIpc) is 2.01. The fraction of sp³-hybridized carbons (Fsp3) is 0.727. The summed E-state index contributed by atoms with van der Waals surface area (Å²) in [6, 6.07) is 0. The van der Waals surface area contributed by atoms with Crippen LogP contribution in [0.15, 0.2) is 16.8 Å². The molecule has 0 aliphatic rings. The molecule has 1 N–H and O–H groups in total. The van der Waals surface area contributed by atoms with Crippen LogP contribution in [0.2, 0.25) is 0 Å². The topological polar surface area (TPSA) is 32.6 Å². The van der Waals surface area contributed by atoms with Crippen molar-refractivity contribution >= 4 is 5.71 Å². The molecule has 0 bridgehead atoms. The van der Waals surface area contributed by atoms with E-state index in [-0.39, 0.29) is 5.41 Å². The predicted molar refractivity (Wildman–Crippen MR) is 57.3 cm³/mol. The lowest BCUT2D eigenvalue weighted by atomic mass is 9.83. The van der Waals surface area contributed by atoms with Crippen LogP contribution in [0.1, 0.15) is 47.5 Å². The van der Waals surface area contributed by atoms with Crippen LogP contribution in [-0.2, 0) is 0 Å². The van der Waals surface area contributed by atoms with Crippen LogP contribution >= 0.6 is 0 Å². The molecule has 0 unspecified atom stereocenters. The van der Waals surface area contributed by atoms with Crippen LogP contribution in [0, 0.1) is 5.41 Å². The minimum atomic E-state index is 0.000694. The number of rotatable bonds is 4. The van der Waals surface area contributed by atoms with Gasteiger partial charge in [-0.1, -0.05) is 30.7 Å². The van der Waals surface area contributed by atoms with Crippen molar-refractivity contribution < 1.29 is 5.21 Å². The summed E-state index contributed by atoms with van der Waals surface area (Å²) in [6.45, 7) is 10.3. The van der Waals surface area contributed by atoms with Gasteiger partial charge in [0, 0.05) is 5.41 Å². The summed E-state index contributed by atoms with van der Waals surface area (Å²) in [4.78, 5) is 0. The Bertz CT molecular complexity index is 210. The van der Waals surface area contributed by atoms with Gasteiger partial charge in [0.05, 0.1) is 5.71 Å². The molecule has 2 heteroatoms. The highest BCUT2D eigenvalue weighted by atomic mass is 16.4. The van der Waals surface area contributed by atoms with Crippen molar-refractivity contribution in [2.24, 2.45) is 10.6 Å². The van der Waals surface area contributed by atoms with Gasteiger partial charge in [0.2, 0.25) is 0 Å². The molecule has 0 aliphatic carbocycles. The summed E-state index contributed by atoms with van der Waals surface area (Å²) in [5, 5.41) is 11.9. The largest absolute Gasteiger partial charge is 0.411 e. The third kappa shape index (κ3) is 4.71. The lowest BCUT2D eigenvalue weighted by Gasteiger charge is -2.22. The number of hydrogen-bond acceptors (Lipinski definition) is 2. The first-order valence-corrected chi connectivity index (χ1v) is 4.72. The maximum atomic E-state index is 8.65. The summed E-state index contributed by atoms with van der Waals surface area (Å²) in [5.41, 5.74) is 2.14. The van der Waals surface area contributed by atoms with Crippen molar-refractivity contribution in [1.82, 2.24) is 0 Å². The molecule has 0 spiro atoms. The second-order valence-corrected chi connectivity index (χ2v) is 4.39. The van der Waals surface area contributed by atoms with Crippen LogP contribution in [0.5, 0.6) is 0 Å². The van der Waals surface area contributed by atoms with Gasteiger partial charge in [0.15, 0.2) is 0 Å². The van der Waals surface area contributed by atoms with E-state index in [2.05, 4.69) is 38.9 Å². The molecule has 0 fully saturated rings. The van der Waals surface area contributed by atoms with E-state index in [1.165, 1.54) is 5.57 Å². The Hall–Kier alpha value is -0.790. The zero-order chi connectivity index (χ0) is 10.5. The molecular formula is C11H21NO. The Labute approximate surface area is 81.3 Å². The Balaban J connectivity index is 4.12. The summed E-state index contributed by atoms with van der Waals surface area (Å²) in [6.07, 6.45) is 4.28. The van der Waals surface area contributed by atoms with Crippen LogP contribution in [0.25, 0.3) is 0 Å². The second kappa shape index (κ2) is 5.05. The SMILES string of the molecule is CC(C)=CCCC(C)(C)/C(C)=N\O. The highest BCUT2D eigenvalue weighted by Crippen LogP contribution is 2.24. The summed E-state index contributed by atoms with van der Waals surface area (Å²) < 4.78 is 0. The minimum absolute atomic E-state index is 0.000694. The van der Waals surface area contributed by atoms with E-state index in [0.29, 0.717) is 0 Å². The van der Waals surface area contributed by atoms with Crippen molar-refractivity contribution in [3.05, 3.63) is 11.6 Å². The van der Waals surface area contributed by atoms with Crippen molar-refractivity contribution in [2.75, 3.05) is 0 Å². The highest BCUT2D eigenvalue weighted by molar-refractivity contribution is 5.86. The molecule has 2 nitrogen and oxygen atoms in total. The normalized spacial score (nSPS) is 12.8. The van der Waals surface area contributed by atoms with E-state index in [1.54, 1.807) is 0 Å². The van der Waals surface area contributed by atoms with E-state index in [9.17, 15) is 0 Å². The van der Waals surface area contributed by atoms with E-state index in [4.69, 9.17) is 5.21 Å². The third-order valence-corrected chi connectivity index (χ3v) is 2.45.